The lowest BCUT2D eigenvalue weighted by Gasteiger charge is -2.37. The number of carbonyl (C=O) groups excluding carboxylic acids is 1. The number of benzene rings is 2. The fourth-order valence-corrected chi connectivity index (χ4v) is 4.02. The topological polar surface area (TPSA) is 44.8 Å². The van der Waals surface area contributed by atoms with Crippen LogP contribution in [0.1, 0.15) is 34.5 Å². The lowest BCUT2D eigenvalue weighted by atomic mass is 10.00. The summed E-state index contributed by atoms with van der Waals surface area (Å²) in [6.45, 7) is 7.85. The van der Waals surface area contributed by atoms with Gasteiger partial charge >= 0.3 is 0 Å². The molecule has 0 radical (unpaired) electrons. The Morgan fingerprint density at radius 2 is 1.67 bits per heavy atom. The number of anilines is 1. The van der Waals surface area contributed by atoms with E-state index in [1.807, 2.05) is 17.0 Å². The molecule has 2 aliphatic heterocycles. The van der Waals surface area contributed by atoms with Crippen molar-refractivity contribution < 1.29 is 9.53 Å². The van der Waals surface area contributed by atoms with Crippen molar-refractivity contribution in [1.29, 1.82) is 0 Å². The molecule has 2 aromatic carbocycles. The number of ether oxygens (including phenoxy) is 1. The molecule has 30 heavy (non-hydrogen) atoms. The molecule has 4 rings (SSSR count). The molecule has 0 bridgehead atoms. The van der Waals surface area contributed by atoms with Crippen LogP contribution in [0.15, 0.2) is 48.5 Å². The van der Waals surface area contributed by atoms with E-state index in [9.17, 15) is 4.79 Å². The van der Waals surface area contributed by atoms with Crippen molar-refractivity contribution in [3.8, 4) is 0 Å². The van der Waals surface area contributed by atoms with Gasteiger partial charge in [0.25, 0.3) is 5.91 Å². The summed E-state index contributed by atoms with van der Waals surface area (Å²) in [7, 11) is 0. The second-order valence-corrected chi connectivity index (χ2v) is 7.46. The first-order valence-electron chi connectivity index (χ1n) is 10.3. The predicted octanol–water partition coefficient (Wildman–Crippen LogP) is 3.72. The average Bonchev–Trinajstić information content (AvgIpc) is 2.79. The van der Waals surface area contributed by atoms with E-state index in [2.05, 4.69) is 53.5 Å². The molecule has 0 saturated carbocycles. The monoisotopic (exact) mass is 451 g/mol. The molecule has 2 aliphatic rings. The van der Waals surface area contributed by atoms with E-state index in [0.717, 1.165) is 63.6 Å². The second kappa shape index (κ2) is 11.6. The number of carbonyl (C=O) groups is 1. The molecule has 2 heterocycles. The van der Waals surface area contributed by atoms with Crippen molar-refractivity contribution in [3.63, 3.8) is 0 Å². The Bertz CT molecular complexity index is 793. The highest BCUT2D eigenvalue weighted by atomic mass is 35.5. The van der Waals surface area contributed by atoms with Crippen LogP contribution >= 0.6 is 24.8 Å². The van der Waals surface area contributed by atoms with Gasteiger partial charge in [-0.2, -0.15) is 0 Å². The second-order valence-electron chi connectivity index (χ2n) is 7.46. The minimum absolute atomic E-state index is 0. The molecular formula is C23H31Cl2N3O2. The predicted molar refractivity (Wildman–Crippen MR) is 126 cm³/mol. The van der Waals surface area contributed by atoms with Crippen LogP contribution in [0.2, 0.25) is 0 Å². The number of aryl methyl sites for hydroxylation is 1. The average molecular weight is 452 g/mol. The molecule has 0 aliphatic carbocycles. The highest BCUT2D eigenvalue weighted by molar-refractivity contribution is 5.95. The van der Waals surface area contributed by atoms with E-state index in [-0.39, 0.29) is 36.8 Å². The van der Waals surface area contributed by atoms with E-state index < -0.39 is 0 Å². The number of hydrogen-bond donors (Lipinski definition) is 1. The van der Waals surface area contributed by atoms with Crippen LogP contribution in [0.4, 0.5) is 5.69 Å². The van der Waals surface area contributed by atoms with E-state index in [1.165, 1.54) is 11.1 Å². The van der Waals surface area contributed by atoms with Crippen molar-refractivity contribution in [2.75, 3.05) is 50.8 Å². The number of amides is 1. The first kappa shape index (κ1) is 24.5. The SMILES string of the molecule is CCc1ccc(C2CNCCN2C(=O)c2ccc(N3CCOCC3)cc2)cc1.Cl.Cl. The minimum Gasteiger partial charge on any atom is -0.378 e. The highest BCUT2D eigenvalue weighted by Gasteiger charge is 2.28. The fraction of sp³-hybridized carbons (Fsp3) is 0.435. The van der Waals surface area contributed by atoms with Crippen LogP contribution in [0, 0.1) is 0 Å². The third kappa shape index (κ3) is 5.46. The van der Waals surface area contributed by atoms with Gasteiger partial charge in [0.1, 0.15) is 0 Å². The fourth-order valence-electron chi connectivity index (χ4n) is 4.02. The summed E-state index contributed by atoms with van der Waals surface area (Å²) in [6.07, 6.45) is 1.03. The van der Waals surface area contributed by atoms with Crippen molar-refractivity contribution in [2.24, 2.45) is 0 Å². The molecule has 2 saturated heterocycles. The summed E-state index contributed by atoms with van der Waals surface area (Å²) < 4.78 is 5.42. The van der Waals surface area contributed by atoms with E-state index in [1.54, 1.807) is 0 Å². The summed E-state index contributed by atoms with van der Waals surface area (Å²) in [5, 5.41) is 3.44. The van der Waals surface area contributed by atoms with E-state index in [4.69, 9.17) is 4.74 Å². The van der Waals surface area contributed by atoms with Gasteiger partial charge in [-0.3, -0.25) is 4.79 Å². The third-order valence-electron chi connectivity index (χ3n) is 5.77. The summed E-state index contributed by atoms with van der Waals surface area (Å²) in [5.74, 6) is 0.111. The number of morpholine rings is 1. The number of piperazine rings is 1. The molecule has 7 heteroatoms. The Hall–Kier alpha value is -1.79. The Balaban J connectivity index is 0.00000160. The zero-order valence-corrected chi connectivity index (χ0v) is 19.0. The molecule has 164 valence electrons. The molecule has 1 atom stereocenters. The molecule has 1 N–H and O–H groups in total. The van der Waals surface area contributed by atoms with Gasteiger partial charge in [0, 0.05) is 44.0 Å². The Morgan fingerprint density at radius 3 is 2.30 bits per heavy atom. The standard InChI is InChI=1S/C23H29N3O2.2ClH/c1-2-18-3-5-19(6-4-18)22-17-24-11-12-26(22)23(27)20-7-9-21(10-8-20)25-13-15-28-16-14-25;;/h3-10,22,24H,2,11-17H2,1H3;2*1H. The zero-order chi connectivity index (χ0) is 19.3. The molecule has 0 spiro atoms. The maximum Gasteiger partial charge on any atom is 0.254 e. The van der Waals surface area contributed by atoms with E-state index >= 15 is 0 Å². The molecule has 2 fully saturated rings. The number of nitrogens with one attached hydrogen (secondary N) is 1. The van der Waals surface area contributed by atoms with Crippen LogP contribution in [-0.2, 0) is 11.2 Å². The molecule has 5 nitrogen and oxygen atoms in total. The Kier molecular flexibility index (Phi) is 9.43. The smallest absolute Gasteiger partial charge is 0.254 e. The van der Waals surface area contributed by atoms with Gasteiger partial charge in [-0.15, -0.1) is 24.8 Å². The summed E-state index contributed by atoms with van der Waals surface area (Å²) in [6, 6.07) is 16.8. The lowest BCUT2D eigenvalue weighted by Crippen LogP contribution is -2.48. The normalized spacial score (nSPS) is 18.9. The maximum absolute atomic E-state index is 13.3. The summed E-state index contributed by atoms with van der Waals surface area (Å²) in [5.41, 5.74) is 4.44. The van der Waals surface area contributed by atoms with Gasteiger partial charge in [0.05, 0.1) is 19.3 Å². The van der Waals surface area contributed by atoms with Gasteiger partial charge in [-0.25, -0.2) is 0 Å². The van der Waals surface area contributed by atoms with Crippen molar-refractivity contribution >= 4 is 36.4 Å². The summed E-state index contributed by atoms with van der Waals surface area (Å²) in [4.78, 5) is 17.6. The molecule has 1 unspecified atom stereocenters. The van der Waals surface area contributed by atoms with Crippen molar-refractivity contribution in [2.45, 2.75) is 19.4 Å². The van der Waals surface area contributed by atoms with Gasteiger partial charge < -0.3 is 19.9 Å². The Labute approximate surface area is 191 Å². The van der Waals surface area contributed by atoms with Crippen molar-refractivity contribution in [1.82, 2.24) is 10.2 Å². The van der Waals surface area contributed by atoms with Crippen molar-refractivity contribution in [3.05, 3.63) is 65.2 Å². The van der Waals surface area contributed by atoms with E-state index in [0.29, 0.717) is 0 Å². The quantitative estimate of drug-likeness (QED) is 0.768. The van der Waals surface area contributed by atoms with Crippen LogP contribution in [-0.4, -0.2) is 56.7 Å². The van der Waals surface area contributed by atoms with Gasteiger partial charge in [0.2, 0.25) is 0 Å². The van der Waals surface area contributed by atoms with Crippen LogP contribution in [0.3, 0.4) is 0 Å². The number of hydrogen-bond acceptors (Lipinski definition) is 4. The van der Waals surface area contributed by atoms with Crippen LogP contribution in [0.25, 0.3) is 0 Å². The zero-order valence-electron chi connectivity index (χ0n) is 17.4. The number of nitrogens with zero attached hydrogens (tertiary/aromatic N) is 2. The minimum atomic E-state index is 0. The van der Waals surface area contributed by atoms with Gasteiger partial charge in [-0.05, 0) is 41.8 Å². The molecule has 0 aromatic heterocycles. The van der Waals surface area contributed by atoms with Gasteiger partial charge in [0.15, 0.2) is 0 Å². The summed E-state index contributed by atoms with van der Waals surface area (Å²) >= 11 is 0. The largest absolute Gasteiger partial charge is 0.378 e. The molecule has 2 aromatic rings. The van der Waals surface area contributed by atoms with Crippen LogP contribution in [0.5, 0.6) is 0 Å². The number of rotatable bonds is 4. The van der Waals surface area contributed by atoms with Crippen LogP contribution < -0.4 is 10.2 Å². The Morgan fingerprint density at radius 1 is 1.00 bits per heavy atom. The maximum atomic E-state index is 13.3. The third-order valence-corrected chi connectivity index (χ3v) is 5.77. The lowest BCUT2D eigenvalue weighted by molar-refractivity contribution is 0.0634. The number of halogens is 2. The molecular weight excluding hydrogens is 421 g/mol. The first-order valence-corrected chi connectivity index (χ1v) is 10.3. The first-order chi connectivity index (χ1) is 13.8. The molecule has 1 amide bonds. The highest BCUT2D eigenvalue weighted by Crippen LogP contribution is 2.26. The van der Waals surface area contributed by atoms with Gasteiger partial charge in [-0.1, -0.05) is 31.2 Å².